The predicted molar refractivity (Wildman–Crippen MR) is 53.5 cm³/mol. The second kappa shape index (κ2) is 4.03. The van der Waals surface area contributed by atoms with Crippen LogP contribution in [0, 0.1) is 0 Å². The van der Waals surface area contributed by atoms with E-state index >= 15 is 0 Å². The van der Waals surface area contributed by atoms with Crippen LogP contribution in [0.3, 0.4) is 0 Å². The fourth-order valence-electron chi connectivity index (χ4n) is 1.09. The zero-order valence-electron chi connectivity index (χ0n) is 7.53. The second-order valence-electron chi connectivity index (χ2n) is 2.92. The van der Waals surface area contributed by atoms with Crippen molar-refractivity contribution in [3.8, 4) is 5.75 Å². The lowest BCUT2D eigenvalue weighted by molar-refractivity contribution is 0.258. The molecule has 1 saturated heterocycles. The first-order valence-corrected chi connectivity index (χ1v) is 5.50. The summed E-state index contributed by atoms with van der Waals surface area (Å²) in [6.07, 6.45) is 2.38. The summed E-state index contributed by atoms with van der Waals surface area (Å²) < 4.78 is 10.7. The van der Waals surface area contributed by atoms with Crippen LogP contribution in [0.1, 0.15) is 0 Å². The molecule has 70 valence electrons. The van der Waals surface area contributed by atoms with Gasteiger partial charge in [-0.05, 0) is 18.4 Å². The molecule has 13 heavy (non-hydrogen) atoms. The Labute approximate surface area is 82.2 Å². The minimum absolute atomic E-state index is 0.329. The molecule has 0 amide bonds. The summed E-state index contributed by atoms with van der Waals surface area (Å²) in [7, 11) is 0. The second-order valence-corrected chi connectivity index (χ2v) is 3.77. The van der Waals surface area contributed by atoms with E-state index in [0.29, 0.717) is 12.7 Å². The molecular formula is C10H12O2S. The van der Waals surface area contributed by atoms with E-state index < -0.39 is 0 Å². The van der Waals surface area contributed by atoms with Crippen LogP contribution in [0.4, 0.5) is 0 Å². The molecule has 0 unspecified atom stereocenters. The minimum Gasteiger partial charge on any atom is -0.490 e. The Morgan fingerprint density at radius 3 is 3.00 bits per heavy atom. The quantitative estimate of drug-likeness (QED) is 0.544. The average molecular weight is 196 g/mol. The molecular weight excluding hydrogens is 184 g/mol. The number of thioether (sulfide) groups is 1. The van der Waals surface area contributed by atoms with E-state index in [-0.39, 0.29) is 0 Å². The first kappa shape index (κ1) is 8.91. The van der Waals surface area contributed by atoms with E-state index in [9.17, 15) is 0 Å². The van der Waals surface area contributed by atoms with Gasteiger partial charge in [0.25, 0.3) is 0 Å². The molecule has 1 aromatic rings. The van der Waals surface area contributed by atoms with Gasteiger partial charge in [0, 0.05) is 4.90 Å². The third-order valence-corrected chi connectivity index (χ3v) is 2.67. The van der Waals surface area contributed by atoms with E-state index in [0.717, 1.165) is 12.4 Å². The van der Waals surface area contributed by atoms with Crippen LogP contribution in [0.2, 0.25) is 0 Å². The highest BCUT2D eigenvalue weighted by molar-refractivity contribution is 7.98. The fourth-order valence-corrected chi connectivity index (χ4v) is 1.63. The summed E-state index contributed by atoms with van der Waals surface area (Å²) in [4.78, 5) is 1.18. The van der Waals surface area contributed by atoms with Crippen LogP contribution in [0.5, 0.6) is 5.75 Å². The van der Waals surface area contributed by atoms with Crippen molar-refractivity contribution in [1.29, 1.82) is 0 Å². The maximum Gasteiger partial charge on any atom is 0.132 e. The molecule has 1 heterocycles. The molecule has 1 aliphatic heterocycles. The van der Waals surface area contributed by atoms with Crippen molar-refractivity contribution >= 4 is 11.8 Å². The Kier molecular flexibility index (Phi) is 2.76. The lowest BCUT2D eigenvalue weighted by atomic mass is 10.3. The Bertz CT molecular complexity index is 284. The normalized spacial score (nSPS) is 19.9. The molecule has 2 nitrogen and oxygen atoms in total. The summed E-state index contributed by atoms with van der Waals surface area (Å²) in [5.74, 6) is 0.963. The molecule has 0 aliphatic carbocycles. The van der Waals surface area contributed by atoms with Crippen molar-refractivity contribution in [2.45, 2.75) is 11.0 Å². The number of para-hydroxylation sites is 1. The Morgan fingerprint density at radius 1 is 1.54 bits per heavy atom. The SMILES string of the molecule is CSc1ccccc1OC[C@H]1CO1. The first-order chi connectivity index (χ1) is 6.40. The topological polar surface area (TPSA) is 21.8 Å². The molecule has 2 rings (SSSR count). The van der Waals surface area contributed by atoms with Gasteiger partial charge in [0.2, 0.25) is 0 Å². The van der Waals surface area contributed by atoms with Gasteiger partial charge in [-0.1, -0.05) is 12.1 Å². The highest BCUT2D eigenvalue weighted by Gasteiger charge is 2.23. The zero-order valence-corrected chi connectivity index (χ0v) is 8.34. The number of hydrogen-bond donors (Lipinski definition) is 0. The van der Waals surface area contributed by atoms with E-state index in [1.165, 1.54) is 4.90 Å². The third kappa shape index (κ3) is 2.39. The van der Waals surface area contributed by atoms with E-state index in [2.05, 4.69) is 12.3 Å². The van der Waals surface area contributed by atoms with Crippen molar-refractivity contribution in [3.05, 3.63) is 24.3 Å². The summed E-state index contributed by atoms with van der Waals surface area (Å²) in [5.41, 5.74) is 0. The van der Waals surface area contributed by atoms with E-state index in [1.54, 1.807) is 11.8 Å². The van der Waals surface area contributed by atoms with Crippen molar-refractivity contribution in [2.24, 2.45) is 0 Å². The highest BCUT2D eigenvalue weighted by atomic mass is 32.2. The molecule has 1 aromatic carbocycles. The summed E-state index contributed by atoms with van der Waals surface area (Å²) in [6.45, 7) is 1.53. The van der Waals surface area contributed by atoms with Gasteiger partial charge in [-0.15, -0.1) is 11.8 Å². The monoisotopic (exact) mass is 196 g/mol. The third-order valence-electron chi connectivity index (χ3n) is 1.90. The van der Waals surface area contributed by atoms with Crippen LogP contribution in [-0.4, -0.2) is 25.6 Å². The number of benzene rings is 1. The van der Waals surface area contributed by atoms with Gasteiger partial charge in [-0.25, -0.2) is 0 Å². The van der Waals surface area contributed by atoms with Gasteiger partial charge < -0.3 is 9.47 Å². The molecule has 1 atom stereocenters. The van der Waals surface area contributed by atoms with E-state index in [1.807, 2.05) is 18.2 Å². The molecule has 0 spiro atoms. The van der Waals surface area contributed by atoms with E-state index in [4.69, 9.17) is 9.47 Å². The maximum absolute atomic E-state index is 5.61. The van der Waals surface area contributed by atoms with Gasteiger partial charge >= 0.3 is 0 Å². The van der Waals surface area contributed by atoms with Crippen LogP contribution in [-0.2, 0) is 4.74 Å². The predicted octanol–water partition coefficient (Wildman–Crippen LogP) is 2.19. The van der Waals surface area contributed by atoms with Gasteiger partial charge in [0.05, 0.1) is 6.61 Å². The smallest absolute Gasteiger partial charge is 0.132 e. The summed E-state index contributed by atoms with van der Waals surface area (Å²) >= 11 is 1.70. The highest BCUT2D eigenvalue weighted by Crippen LogP contribution is 2.27. The Hall–Kier alpha value is -0.670. The van der Waals surface area contributed by atoms with Crippen molar-refractivity contribution in [2.75, 3.05) is 19.5 Å². The molecule has 0 aromatic heterocycles. The van der Waals surface area contributed by atoms with Crippen molar-refractivity contribution in [3.63, 3.8) is 0 Å². The van der Waals surface area contributed by atoms with Crippen LogP contribution in [0.25, 0.3) is 0 Å². The average Bonchev–Trinajstić information content (AvgIpc) is 2.99. The zero-order chi connectivity index (χ0) is 9.10. The minimum atomic E-state index is 0.329. The number of epoxide rings is 1. The lowest BCUT2D eigenvalue weighted by Crippen LogP contribution is -2.04. The first-order valence-electron chi connectivity index (χ1n) is 4.27. The number of ether oxygens (including phenoxy) is 2. The number of rotatable bonds is 4. The molecule has 0 bridgehead atoms. The standard InChI is InChI=1S/C10H12O2S/c1-13-10-5-3-2-4-9(10)12-7-8-6-11-8/h2-5,8H,6-7H2,1H3/t8-/m1/s1. The largest absolute Gasteiger partial charge is 0.490 e. The summed E-state index contributed by atoms with van der Waals surface area (Å²) in [5, 5.41) is 0. The molecule has 1 aliphatic rings. The molecule has 0 radical (unpaired) electrons. The summed E-state index contributed by atoms with van der Waals surface area (Å²) in [6, 6.07) is 8.07. The number of hydrogen-bond acceptors (Lipinski definition) is 3. The Morgan fingerprint density at radius 2 is 2.31 bits per heavy atom. The van der Waals surface area contributed by atoms with Gasteiger partial charge in [0.1, 0.15) is 18.5 Å². The lowest BCUT2D eigenvalue weighted by Gasteiger charge is -2.07. The Balaban J connectivity index is 1.99. The van der Waals surface area contributed by atoms with Gasteiger partial charge in [-0.2, -0.15) is 0 Å². The van der Waals surface area contributed by atoms with Crippen LogP contribution in [0.15, 0.2) is 29.2 Å². The van der Waals surface area contributed by atoms with Crippen LogP contribution < -0.4 is 4.74 Å². The van der Waals surface area contributed by atoms with Crippen molar-refractivity contribution < 1.29 is 9.47 Å². The molecule has 0 saturated carbocycles. The van der Waals surface area contributed by atoms with Gasteiger partial charge in [0.15, 0.2) is 0 Å². The van der Waals surface area contributed by atoms with Crippen LogP contribution >= 0.6 is 11.8 Å². The molecule has 0 N–H and O–H groups in total. The fraction of sp³-hybridized carbons (Fsp3) is 0.400. The molecule has 3 heteroatoms. The molecule has 1 fully saturated rings. The van der Waals surface area contributed by atoms with Gasteiger partial charge in [-0.3, -0.25) is 0 Å². The maximum atomic E-state index is 5.61. The van der Waals surface area contributed by atoms with Crippen molar-refractivity contribution in [1.82, 2.24) is 0 Å².